The van der Waals surface area contributed by atoms with E-state index < -0.39 is 15.7 Å². The minimum Gasteiger partial charge on any atom is -0.346 e. The predicted molar refractivity (Wildman–Crippen MR) is 131 cm³/mol. The summed E-state index contributed by atoms with van der Waals surface area (Å²) in [6.07, 6.45) is 5.42. The van der Waals surface area contributed by atoms with Gasteiger partial charge in [-0.15, -0.1) is 11.3 Å². The Morgan fingerprint density at radius 2 is 1.94 bits per heavy atom. The van der Waals surface area contributed by atoms with Crippen LogP contribution in [0.25, 0.3) is 0 Å². The van der Waals surface area contributed by atoms with E-state index in [1.54, 1.807) is 6.08 Å². The molecule has 3 rings (SSSR count). The molecule has 1 aliphatic carbocycles. The lowest BCUT2D eigenvalue weighted by Crippen LogP contribution is -2.37. The predicted octanol–water partition coefficient (Wildman–Crippen LogP) is 4.57. The van der Waals surface area contributed by atoms with Crippen LogP contribution in [-0.4, -0.2) is 23.9 Å². The first-order chi connectivity index (χ1) is 15.4. The third-order valence-corrected chi connectivity index (χ3v) is 6.89. The van der Waals surface area contributed by atoms with Gasteiger partial charge >= 0.3 is 10.3 Å². The second-order valence-electron chi connectivity index (χ2n) is 9.45. The number of rotatable bonds is 8. The van der Waals surface area contributed by atoms with Gasteiger partial charge in [0.2, 0.25) is 5.91 Å². The molecule has 1 heterocycles. The topological polar surface area (TPSA) is 108 Å². The van der Waals surface area contributed by atoms with Crippen molar-refractivity contribution in [2.45, 2.75) is 53.0 Å². The lowest BCUT2D eigenvalue weighted by Gasteiger charge is -2.26. The summed E-state index contributed by atoms with van der Waals surface area (Å²) in [5.74, 6) is -0.170. The monoisotopic (exact) mass is 489 g/mol. The van der Waals surface area contributed by atoms with Crippen LogP contribution in [0.5, 0.6) is 0 Å². The standard InChI is InChI=1S/C24H31N3O4S2/c1-16-12-18(10-11-20(16)27-33(29,30)31)14-21(26-23(28)24(2,3)4)22-25-19(15-32-22)13-17-8-6-5-7-9-17/h5-11,15-16,21,27H,12-14H2,1-4H3,(H,26,28)(H,29,30,31)/t16?,21-/m0/s1. The van der Waals surface area contributed by atoms with Gasteiger partial charge in [0.15, 0.2) is 0 Å². The summed E-state index contributed by atoms with van der Waals surface area (Å²) in [6, 6.07) is 9.84. The van der Waals surface area contributed by atoms with Gasteiger partial charge in [-0.2, -0.15) is 8.42 Å². The van der Waals surface area contributed by atoms with E-state index in [1.165, 1.54) is 16.9 Å². The number of carbonyl (C=O) groups excluding carboxylic acids is 1. The minimum absolute atomic E-state index is 0.0546. The van der Waals surface area contributed by atoms with Crippen molar-refractivity contribution < 1.29 is 17.8 Å². The number of aromatic nitrogens is 1. The SMILES string of the molecule is CC1CC(C[C@H](NC(=O)C(C)(C)C)c2nc(Cc3ccccc3)cs2)=CC=C1NS(=O)(=O)O. The molecular weight excluding hydrogens is 458 g/mol. The van der Waals surface area contributed by atoms with Crippen LogP contribution in [0.15, 0.2) is 59.1 Å². The van der Waals surface area contributed by atoms with Crippen molar-refractivity contribution in [3.8, 4) is 0 Å². The largest absolute Gasteiger partial charge is 0.357 e. The number of nitrogens with one attached hydrogen (secondary N) is 2. The molecule has 2 aromatic rings. The van der Waals surface area contributed by atoms with Crippen LogP contribution >= 0.6 is 11.3 Å². The summed E-state index contributed by atoms with van der Waals surface area (Å²) in [4.78, 5) is 17.6. The first kappa shape index (κ1) is 25.1. The summed E-state index contributed by atoms with van der Waals surface area (Å²) in [7, 11) is -4.31. The smallest absolute Gasteiger partial charge is 0.346 e. The summed E-state index contributed by atoms with van der Waals surface area (Å²) in [6.45, 7) is 7.52. The van der Waals surface area contributed by atoms with Gasteiger partial charge in [-0.25, -0.2) is 4.98 Å². The molecule has 1 aromatic heterocycles. The Morgan fingerprint density at radius 3 is 2.55 bits per heavy atom. The van der Waals surface area contributed by atoms with Crippen molar-refractivity contribution in [1.29, 1.82) is 0 Å². The highest BCUT2D eigenvalue weighted by molar-refractivity contribution is 7.83. The zero-order valence-electron chi connectivity index (χ0n) is 19.3. The Labute approximate surface area is 199 Å². The van der Waals surface area contributed by atoms with Gasteiger partial charge in [0, 0.05) is 28.8 Å². The molecule has 1 aliphatic rings. The highest BCUT2D eigenvalue weighted by Crippen LogP contribution is 2.32. The van der Waals surface area contributed by atoms with Crippen molar-refractivity contribution in [3.63, 3.8) is 0 Å². The maximum Gasteiger partial charge on any atom is 0.357 e. The van der Waals surface area contributed by atoms with E-state index >= 15 is 0 Å². The van der Waals surface area contributed by atoms with E-state index in [0.29, 0.717) is 18.5 Å². The van der Waals surface area contributed by atoms with Crippen LogP contribution in [0.3, 0.4) is 0 Å². The molecule has 9 heteroatoms. The fourth-order valence-corrected chi connectivity index (χ4v) is 5.02. The number of hydrogen-bond donors (Lipinski definition) is 3. The maximum absolute atomic E-state index is 12.8. The number of carbonyl (C=O) groups is 1. The van der Waals surface area contributed by atoms with E-state index in [4.69, 9.17) is 9.54 Å². The zero-order chi connectivity index (χ0) is 24.2. The van der Waals surface area contributed by atoms with Crippen LogP contribution in [-0.2, 0) is 21.5 Å². The van der Waals surface area contributed by atoms with Gasteiger partial charge in [-0.3, -0.25) is 14.1 Å². The molecule has 33 heavy (non-hydrogen) atoms. The Kier molecular flexibility index (Phi) is 7.76. The van der Waals surface area contributed by atoms with Crippen LogP contribution in [0.1, 0.15) is 62.8 Å². The van der Waals surface area contributed by atoms with Crippen molar-refractivity contribution in [1.82, 2.24) is 15.0 Å². The molecule has 0 aliphatic heterocycles. The fraction of sp³-hybridized carbons (Fsp3) is 0.417. The van der Waals surface area contributed by atoms with Gasteiger partial charge in [-0.05, 0) is 24.5 Å². The molecule has 0 fully saturated rings. The van der Waals surface area contributed by atoms with E-state index in [1.807, 2.05) is 57.4 Å². The molecule has 3 N–H and O–H groups in total. The zero-order valence-corrected chi connectivity index (χ0v) is 21.0. The van der Waals surface area contributed by atoms with Crippen molar-refractivity contribution in [2.24, 2.45) is 11.3 Å². The molecule has 0 spiro atoms. The van der Waals surface area contributed by atoms with Crippen LogP contribution in [0.4, 0.5) is 0 Å². The van der Waals surface area contributed by atoms with Crippen molar-refractivity contribution in [3.05, 3.63) is 75.4 Å². The van der Waals surface area contributed by atoms with Gasteiger partial charge < -0.3 is 5.32 Å². The van der Waals surface area contributed by atoms with E-state index in [-0.39, 0.29) is 17.9 Å². The first-order valence-corrected chi connectivity index (χ1v) is 13.2. The Balaban J connectivity index is 1.81. The number of allylic oxidation sites excluding steroid dienone is 3. The quantitative estimate of drug-likeness (QED) is 0.471. The third-order valence-electron chi connectivity index (χ3n) is 5.39. The molecule has 178 valence electrons. The Hall–Kier alpha value is -2.49. The lowest BCUT2D eigenvalue weighted by molar-refractivity contribution is -0.129. The molecule has 0 saturated heterocycles. The van der Waals surface area contributed by atoms with Crippen molar-refractivity contribution in [2.75, 3.05) is 0 Å². The summed E-state index contributed by atoms with van der Waals surface area (Å²) < 4.78 is 33.6. The molecule has 1 aromatic carbocycles. The number of nitrogens with zero attached hydrogens (tertiary/aromatic N) is 1. The Bertz CT molecular complexity index is 1150. The van der Waals surface area contributed by atoms with E-state index in [9.17, 15) is 13.2 Å². The second-order valence-corrected chi connectivity index (χ2v) is 11.5. The van der Waals surface area contributed by atoms with Crippen molar-refractivity contribution >= 4 is 27.5 Å². The number of hydrogen-bond acceptors (Lipinski definition) is 5. The highest BCUT2D eigenvalue weighted by Gasteiger charge is 2.28. The van der Waals surface area contributed by atoms with Gasteiger partial charge in [-0.1, -0.05) is 69.7 Å². The molecule has 1 unspecified atom stereocenters. The Morgan fingerprint density at radius 1 is 1.24 bits per heavy atom. The van der Waals surface area contributed by atoms with E-state index in [0.717, 1.165) is 22.7 Å². The maximum atomic E-state index is 12.8. The summed E-state index contributed by atoms with van der Waals surface area (Å²) in [5, 5.41) is 6.04. The number of amides is 1. The highest BCUT2D eigenvalue weighted by atomic mass is 32.2. The fourth-order valence-electron chi connectivity index (χ4n) is 3.58. The van der Waals surface area contributed by atoms with Gasteiger partial charge in [0.1, 0.15) is 5.01 Å². The van der Waals surface area contributed by atoms with E-state index in [2.05, 4.69) is 22.2 Å². The average molecular weight is 490 g/mol. The average Bonchev–Trinajstić information content (AvgIpc) is 3.17. The van der Waals surface area contributed by atoms with Gasteiger partial charge in [0.25, 0.3) is 0 Å². The lowest BCUT2D eigenvalue weighted by atomic mass is 9.89. The third kappa shape index (κ3) is 7.52. The minimum atomic E-state index is -4.31. The number of thiazole rings is 1. The summed E-state index contributed by atoms with van der Waals surface area (Å²) >= 11 is 1.53. The first-order valence-electron chi connectivity index (χ1n) is 10.8. The molecule has 7 nitrogen and oxygen atoms in total. The molecule has 0 bridgehead atoms. The molecular formula is C24H31N3O4S2. The van der Waals surface area contributed by atoms with Crippen LogP contribution < -0.4 is 10.0 Å². The molecule has 2 atom stereocenters. The van der Waals surface area contributed by atoms with Crippen LogP contribution in [0.2, 0.25) is 0 Å². The van der Waals surface area contributed by atoms with Gasteiger partial charge in [0.05, 0.1) is 11.7 Å². The normalized spacial score (nSPS) is 17.7. The molecule has 0 radical (unpaired) electrons. The van der Waals surface area contributed by atoms with Crippen LogP contribution in [0, 0.1) is 11.3 Å². The molecule has 0 saturated carbocycles. The second kappa shape index (κ2) is 10.2. The molecule has 1 amide bonds. The summed E-state index contributed by atoms with van der Waals surface area (Å²) in [5.41, 5.74) is 3.11. The number of benzene rings is 1.